The maximum absolute atomic E-state index is 12.4. The molecule has 2 aromatic rings. The van der Waals surface area contributed by atoms with Gasteiger partial charge in [0.15, 0.2) is 0 Å². The Kier molecular flexibility index (Phi) is 2.67. The van der Waals surface area contributed by atoms with Crippen LogP contribution in [0, 0.1) is 0 Å². The smallest absolute Gasteiger partial charge is 0.277 e. The van der Waals surface area contributed by atoms with Gasteiger partial charge in [-0.2, -0.15) is 0 Å². The first kappa shape index (κ1) is 11.6. The molecule has 1 aliphatic heterocycles. The molecule has 3 rings (SSSR count). The van der Waals surface area contributed by atoms with E-state index in [9.17, 15) is 4.79 Å². The van der Waals surface area contributed by atoms with Crippen molar-refractivity contribution in [3.8, 4) is 0 Å². The number of hydrogen-bond acceptors (Lipinski definition) is 4. The Morgan fingerprint density at radius 1 is 1.21 bits per heavy atom. The number of rotatable bonds is 2. The molecule has 96 valence electrons. The van der Waals surface area contributed by atoms with Gasteiger partial charge in [0.2, 0.25) is 5.95 Å². The van der Waals surface area contributed by atoms with Crippen LogP contribution in [0.25, 0.3) is 0 Å². The van der Waals surface area contributed by atoms with Crippen LogP contribution in [-0.4, -0.2) is 30.0 Å². The van der Waals surface area contributed by atoms with Gasteiger partial charge in [0.05, 0.1) is 6.54 Å². The first-order valence-corrected chi connectivity index (χ1v) is 6.07. The van der Waals surface area contributed by atoms with Crippen molar-refractivity contribution < 1.29 is 4.79 Å². The quantitative estimate of drug-likeness (QED) is 0.818. The van der Waals surface area contributed by atoms with Crippen LogP contribution < -0.4 is 9.80 Å². The molecule has 0 saturated heterocycles. The van der Waals surface area contributed by atoms with E-state index < -0.39 is 0 Å². The number of aromatic nitrogens is 2. The Hall–Kier alpha value is -2.43. The zero-order valence-electron chi connectivity index (χ0n) is 10.9. The third kappa shape index (κ3) is 1.93. The fraction of sp³-hybridized carbons (Fsp3) is 0.214. The second kappa shape index (κ2) is 4.35. The molecule has 5 heteroatoms. The van der Waals surface area contributed by atoms with E-state index in [0.717, 1.165) is 11.3 Å². The summed E-state index contributed by atoms with van der Waals surface area (Å²) in [7, 11) is 3.71. The minimum Gasteiger partial charge on any atom is -0.347 e. The highest BCUT2D eigenvalue weighted by molar-refractivity contribution is 6.08. The normalized spacial score (nSPS) is 13.6. The summed E-state index contributed by atoms with van der Waals surface area (Å²) in [6.45, 7) is 0.534. The topological polar surface area (TPSA) is 49.3 Å². The number of hydrogen-bond donors (Lipinski definition) is 0. The lowest BCUT2D eigenvalue weighted by Gasteiger charge is -2.14. The summed E-state index contributed by atoms with van der Waals surface area (Å²) in [5, 5.41) is 0. The molecule has 0 N–H and O–H groups in total. The van der Waals surface area contributed by atoms with Crippen LogP contribution in [-0.2, 0) is 6.54 Å². The number of fused-ring (bicyclic) bond motifs is 1. The van der Waals surface area contributed by atoms with Crippen LogP contribution in [0.15, 0.2) is 36.5 Å². The molecule has 0 aliphatic carbocycles. The van der Waals surface area contributed by atoms with E-state index in [0.29, 0.717) is 18.2 Å². The SMILES string of the molecule is CN(C)c1ncc2c(n1)C(=O)N(c1ccccc1)C2. The lowest BCUT2D eigenvalue weighted by atomic mass is 10.3. The van der Waals surface area contributed by atoms with E-state index >= 15 is 0 Å². The van der Waals surface area contributed by atoms with Crippen molar-refractivity contribution in [2.24, 2.45) is 0 Å². The highest BCUT2D eigenvalue weighted by atomic mass is 16.2. The van der Waals surface area contributed by atoms with Gasteiger partial charge in [-0.05, 0) is 12.1 Å². The lowest BCUT2D eigenvalue weighted by Crippen LogP contribution is -2.23. The molecule has 1 aromatic carbocycles. The zero-order valence-corrected chi connectivity index (χ0v) is 10.9. The molecule has 1 aromatic heterocycles. The van der Waals surface area contributed by atoms with Crippen molar-refractivity contribution in [2.45, 2.75) is 6.54 Å². The highest BCUT2D eigenvalue weighted by Crippen LogP contribution is 2.27. The first-order chi connectivity index (χ1) is 9.16. The number of carbonyl (C=O) groups excluding carboxylic acids is 1. The van der Waals surface area contributed by atoms with E-state index in [1.54, 1.807) is 16.0 Å². The monoisotopic (exact) mass is 254 g/mol. The third-order valence-corrected chi connectivity index (χ3v) is 3.10. The summed E-state index contributed by atoms with van der Waals surface area (Å²) in [6, 6.07) is 9.61. The summed E-state index contributed by atoms with van der Waals surface area (Å²) in [5.41, 5.74) is 2.26. The second-order valence-corrected chi connectivity index (χ2v) is 4.67. The van der Waals surface area contributed by atoms with Gasteiger partial charge in [-0.1, -0.05) is 18.2 Å². The second-order valence-electron chi connectivity index (χ2n) is 4.67. The molecule has 19 heavy (non-hydrogen) atoms. The van der Waals surface area contributed by atoms with Gasteiger partial charge < -0.3 is 9.80 Å². The maximum atomic E-state index is 12.4. The summed E-state index contributed by atoms with van der Waals surface area (Å²) < 4.78 is 0. The van der Waals surface area contributed by atoms with Gasteiger partial charge in [0, 0.05) is 31.5 Å². The number of carbonyl (C=O) groups is 1. The zero-order chi connectivity index (χ0) is 13.4. The molecule has 0 fully saturated rings. The third-order valence-electron chi connectivity index (χ3n) is 3.10. The van der Waals surface area contributed by atoms with Crippen molar-refractivity contribution in [1.82, 2.24) is 9.97 Å². The Balaban J connectivity index is 1.98. The number of amides is 1. The standard InChI is InChI=1S/C14H14N4O/c1-17(2)14-15-8-10-9-18(13(19)12(10)16-14)11-6-4-3-5-7-11/h3-8H,9H2,1-2H3. The molecule has 0 spiro atoms. The van der Waals surface area contributed by atoms with E-state index in [4.69, 9.17) is 0 Å². The minimum atomic E-state index is -0.0632. The van der Waals surface area contributed by atoms with Gasteiger partial charge in [-0.3, -0.25) is 4.79 Å². The number of para-hydroxylation sites is 1. The molecule has 0 saturated carbocycles. The highest BCUT2D eigenvalue weighted by Gasteiger charge is 2.30. The summed E-state index contributed by atoms with van der Waals surface area (Å²) in [4.78, 5) is 24.5. The molecule has 2 heterocycles. The average Bonchev–Trinajstić information content (AvgIpc) is 2.77. The Bertz CT molecular complexity index is 625. The van der Waals surface area contributed by atoms with Crippen molar-refractivity contribution in [2.75, 3.05) is 23.9 Å². The number of nitrogens with zero attached hydrogens (tertiary/aromatic N) is 4. The van der Waals surface area contributed by atoms with Crippen molar-refractivity contribution in [1.29, 1.82) is 0 Å². The Morgan fingerprint density at radius 2 is 1.95 bits per heavy atom. The molecule has 1 amide bonds. The molecule has 0 atom stereocenters. The summed E-state index contributed by atoms with van der Waals surface area (Å²) in [5.74, 6) is 0.494. The number of anilines is 2. The van der Waals surface area contributed by atoms with E-state index in [2.05, 4.69) is 9.97 Å². The van der Waals surface area contributed by atoms with Crippen LogP contribution in [0.1, 0.15) is 16.1 Å². The van der Waals surface area contributed by atoms with Crippen molar-refractivity contribution in [3.05, 3.63) is 47.8 Å². The van der Waals surface area contributed by atoms with Gasteiger partial charge in [0.1, 0.15) is 5.69 Å². The van der Waals surface area contributed by atoms with Crippen molar-refractivity contribution >= 4 is 17.5 Å². The predicted molar refractivity (Wildman–Crippen MR) is 73.3 cm³/mol. The van der Waals surface area contributed by atoms with Crippen LogP contribution in [0.4, 0.5) is 11.6 Å². The van der Waals surface area contributed by atoms with Gasteiger partial charge >= 0.3 is 0 Å². The summed E-state index contributed by atoms with van der Waals surface area (Å²) >= 11 is 0. The average molecular weight is 254 g/mol. The molecule has 1 aliphatic rings. The summed E-state index contributed by atoms with van der Waals surface area (Å²) in [6.07, 6.45) is 1.73. The molecule has 0 unspecified atom stereocenters. The van der Waals surface area contributed by atoms with Crippen LogP contribution >= 0.6 is 0 Å². The largest absolute Gasteiger partial charge is 0.347 e. The van der Waals surface area contributed by atoms with E-state index in [1.807, 2.05) is 44.4 Å². The van der Waals surface area contributed by atoms with Crippen LogP contribution in [0.5, 0.6) is 0 Å². The van der Waals surface area contributed by atoms with Gasteiger partial charge in [0.25, 0.3) is 5.91 Å². The van der Waals surface area contributed by atoms with E-state index in [1.165, 1.54) is 0 Å². The Morgan fingerprint density at radius 3 is 2.63 bits per heavy atom. The maximum Gasteiger partial charge on any atom is 0.277 e. The van der Waals surface area contributed by atoms with E-state index in [-0.39, 0.29) is 5.91 Å². The molecular formula is C14H14N4O. The fourth-order valence-corrected chi connectivity index (χ4v) is 2.10. The lowest BCUT2D eigenvalue weighted by molar-refractivity contribution is 0.0992. The molecular weight excluding hydrogens is 240 g/mol. The predicted octanol–water partition coefficient (Wildman–Crippen LogP) is 1.70. The van der Waals surface area contributed by atoms with Crippen LogP contribution in [0.2, 0.25) is 0 Å². The molecule has 0 bridgehead atoms. The molecule has 0 radical (unpaired) electrons. The van der Waals surface area contributed by atoms with Crippen LogP contribution in [0.3, 0.4) is 0 Å². The molecule has 5 nitrogen and oxygen atoms in total. The fourth-order valence-electron chi connectivity index (χ4n) is 2.10. The first-order valence-electron chi connectivity index (χ1n) is 6.07. The Labute approximate surface area is 111 Å². The van der Waals surface area contributed by atoms with Gasteiger partial charge in [-0.25, -0.2) is 9.97 Å². The number of benzene rings is 1. The van der Waals surface area contributed by atoms with Gasteiger partial charge in [-0.15, -0.1) is 0 Å². The minimum absolute atomic E-state index is 0.0632. The van der Waals surface area contributed by atoms with Crippen molar-refractivity contribution in [3.63, 3.8) is 0 Å².